The maximum Gasteiger partial charge on any atom is 0.231 e. The van der Waals surface area contributed by atoms with E-state index in [1.807, 2.05) is 0 Å². The molecule has 4 rings (SSSR count). The molecule has 1 saturated heterocycles. The van der Waals surface area contributed by atoms with Crippen LogP contribution in [0.3, 0.4) is 0 Å². The maximum atomic E-state index is 13.1. The second kappa shape index (κ2) is 7.63. The normalized spacial score (nSPS) is 22.7. The fourth-order valence-corrected chi connectivity index (χ4v) is 4.46. The number of rotatable bonds is 3. The minimum absolute atomic E-state index is 0.189. The molecule has 1 N–H and O–H groups in total. The first-order valence-electron chi connectivity index (χ1n) is 9.94. The number of likely N-dealkylation sites (tertiary alicyclic amines) is 1. The first kappa shape index (κ1) is 17.3. The van der Waals surface area contributed by atoms with Gasteiger partial charge in [-0.2, -0.15) is 0 Å². The molecule has 1 amide bonds. The van der Waals surface area contributed by atoms with Gasteiger partial charge in [0.25, 0.3) is 0 Å². The fourth-order valence-electron chi connectivity index (χ4n) is 4.46. The average Bonchev–Trinajstić information content (AvgIpc) is 2.69. The van der Waals surface area contributed by atoms with Gasteiger partial charge in [0.1, 0.15) is 6.54 Å². The first-order valence-corrected chi connectivity index (χ1v) is 9.94. The molecule has 0 aromatic heterocycles. The second-order valence-corrected chi connectivity index (χ2v) is 7.98. The van der Waals surface area contributed by atoms with E-state index in [9.17, 15) is 4.79 Å². The second-order valence-electron chi connectivity index (χ2n) is 7.98. The number of amides is 1. The topological polar surface area (TPSA) is 24.8 Å². The molecule has 0 saturated carbocycles. The molecule has 2 aromatic carbocycles. The summed E-state index contributed by atoms with van der Waals surface area (Å²) < 4.78 is 0. The van der Waals surface area contributed by atoms with Gasteiger partial charge >= 0.3 is 0 Å². The van der Waals surface area contributed by atoms with Gasteiger partial charge in [-0.25, -0.2) is 0 Å². The summed E-state index contributed by atoms with van der Waals surface area (Å²) in [6, 6.07) is 17.4. The minimum atomic E-state index is 0.189. The number of piperidine rings is 1. The molecule has 0 aliphatic carbocycles. The highest BCUT2D eigenvalue weighted by Gasteiger charge is 2.33. The van der Waals surface area contributed by atoms with Crippen LogP contribution in [0.4, 0.5) is 0 Å². The summed E-state index contributed by atoms with van der Waals surface area (Å²) in [6.45, 7) is 6.99. The van der Waals surface area contributed by atoms with Crippen molar-refractivity contribution in [3.05, 3.63) is 70.8 Å². The number of carbonyl (C=O) groups is 1. The zero-order valence-corrected chi connectivity index (χ0v) is 15.7. The van der Waals surface area contributed by atoms with Crippen LogP contribution >= 0.6 is 0 Å². The average molecular weight is 349 g/mol. The van der Waals surface area contributed by atoms with Crippen LogP contribution in [0, 0.1) is 12.8 Å². The van der Waals surface area contributed by atoms with E-state index in [-0.39, 0.29) is 5.92 Å². The van der Waals surface area contributed by atoms with E-state index in [1.165, 1.54) is 28.8 Å². The van der Waals surface area contributed by atoms with Gasteiger partial charge in [0.05, 0.1) is 19.0 Å². The number of nitrogens with zero attached hydrogens (tertiary/aromatic N) is 1. The molecule has 26 heavy (non-hydrogen) atoms. The van der Waals surface area contributed by atoms with Crippen LogP contribution in [0.1, 0.15) is 35.1 Å². The number of quaternary nitrogens is 1. The van der Waals surface area contributed by atoms with Gasteiger partial charge in [-0.3, -0.25) is 4.79 Å². The summed E-state index contributed by atoms with van der Waals surface area (Å²) >= 11 is 0. The Kier molecular flexibility index (Phi) is 5.07. The number of fused-ring (bicyclic) bond motifs is 1. The van der Waals surface area contributed by atoms with Gasteiger partial charge in [-0.1, -0.05) is 54.1 Å². The van der Waals surface area contributed by atoms with Crippen molar-refractivity contribution in [3.63, 3.8) is 0 Å². The SMILES string of the molecule is Cc1ccc(C[NH+]2CCC[C@@H](C(=O)N3CCc4ccccc4C3)C2)cc1. The van der Waals surface area contributed by atoms with E-state index in [2.05, 4.69) is 60.4 Å². The highest BCUT2D eigenvalue weighted by atomic mass is 16.2. The Morgan fingerprint density at radius 3 is 2.69 bits per heavy atom. The minimum Gasteiger partial charge on any atom is -0.338 e. The summed E-state index contributed by atoms with van der Waals surface area (Å²) in [5, 5.41) is 0. The Morgan fingerprint density at radius 1 is 1.12 bits per heavy atom. The predicted octanol–water partition coefficient (Wildman–Crippen LogP) is 2.37. The van der Waals surface area contributed by atoms with Crippen LogP contribution in [0.2, 0.25) is 0 Å². The molecule has 0 bridgehead atoms. The number of aryl methyl sites for hydroxylation is 1. The molecule has 3 heteroatoms. The fraction of sp³-hybridized carbons (Fsp3) is 0.435. The monoisotopic (exact) mass is 349 g/mol. The van der Waals surface area contributed by atoms with Crippen molar-refractivity contribution in [3.8, 4) is 0 Å². The zero-order valence-electron chi connectivity index (χ0n) is 15.7. The van der Waals surface area contributed by atoms with E-state index < -0.39 is 0 Å². The molecule has 2 aliphatic heterocycles. The number of carbonyl (C=O) groups excluding carboxylic acids is 1. The highest BCUT2D eigenvalue weighted by molar-refractivity contribution is 5.79. The molecule has 0 spiro atoms. The van der Waals surface area contributed by atoms with Crippen molar-refractivity contribution in [2.45, 2.75) is 39.3 Å². The number of hydrogen-bond donors (Lipinski definition) is 1. The van der Waals surface area contributed by atoms with E-state index in [1.54, 1.807) is 4.90 Å². The van der Waals surface area contributed by atoms with Gasteiger partial charge in [-0.05, 0) is 37.3 Å². The summed E-state index contributed by atoms with van der Waals surface area (Å²) in [5.41, 5.74) is 5.42. The van der Waals surface area contributed by atoms with Crippen LogP contribution in [0.15, 0.2) is 48.5 Å². The lowest BCUT2D eigenvalue weighted by Gasteiger charge is -2.35. The number of hydrogen-bond acceptors (Lipinski definition) is 1. The zero-order chi connectivity index (χ0) is 17.9. The number of nitrogens with one attached hydrogen (secondary N) is 1. The Bertz CT molecular complexity index is 768. The molecular formula is C23H29N2O+. The van der Waals surface area contributed by atoms with Crippen molar-refractivity contribution in [2.75, 3.05) is 19.6 Å². The summed E-state index contributed by atoms with van der Waals surface area (Å²) in [5.74, 6) is 0.565. The summed E-state index contributed by atoms with van der Waals surface area (Å²) in [6.07, 6.45) is 3.20. The third-order valence-corrected chi connectivity index (χ3v) is 5.98. The van der Waals surface area contributed by atoms with Gasteiger partial charge in [-0.15, -0.1) is 0 Å². The smallest absolute Gasteiger partial charge is 0.231 e. The standard InChI is InChI=1S/C23H28N2O/c1-18-8-10-19(11-9-18)15-24-13-4-7-22(16-24)23(26)25-14-12-20-5-2-3-6-21(20)17-25/h2-3,5-6,8-11,22H,4,7,12-17H2,1H3/p+1/t22-/m1/s1. The van der Waals surface area contributed by atoms with Crippen LogP contribution in [0.25, 0.3) is 0 Å². The van der Waals surface area contributed by atoms with E-state index in [4.69, 9.17) is 0 Å². The summed E-state index contributed by atoms with van der Waals surface area (Å²) in [4.78, 5) is 16.8. The highest BCUT2D eigenvalue weighted by Crippen LogP contribution is 2.21. The lowest BCUT2D eigenvalue weighted by molar-refractivity contribution is -0.921. The Balaban J connectivity index is 1.38. The van der Waals surface area contributed by atoms with Crippen LogP contribution in [0.5, 0.6) is 0 Å². The van der Waals surface area contributed by atoms with Crippen LogP contribution < -0.4 is 4.90 Å². The van der Waals surface area contributed by atoms with Crippen molar-refractivity contribution in [1.82, 2.24) is 4.90 Å². The Morgan fingerprint density at radius 2 is 1.88 bits per heavy atom. The molecule has 1 unspecified atom stereocenters. The maximum absolute atomic E-state index is 13.1. The third-order valence-electron chi connectivity index (χ3n) is 5.98. The Hall–Kier alpha value is -2.13. The molecule has 3 nitrogen and oxygen atoms in total. The van der Waals surface area contributed by atoms with Gasteiger partial charge in [0.2, 0.25) is 5.91 Å². The molecule has 2 aliphatic rings. The lowest BCUT2D eigenvalue weighted by atomic mass is 9.93. The van der Waals surface area contributed by atoms with Crippen LogP contribution in [-0.2, 0) is 24.3 Å². The molecule has 2 aromatic rings. The van der Waals surface area contributed by atoms with Gasteiger partial charge in [0, 0.05) is 18.7 Å². The first-order chi connectivity index (χ1) is 12.7. The molecule has 1 fully saturated rings. The molecule has 2 heterocycles. The molecule has 136 valence electrons. The van der Waals surface area contributed by atoms with E-state index >= 15 is 0 Å². The van der Waals surface area contributed by atoms with E-state index in [0.717, 1.165) is 45.4 Å². The third kappa shape index (κ3) is 3.83. The van der Waals surface area contributed by atoms with Gasteiger partial charge < -0.3 is 9.80 Å². The van der Waals surface area contributed by atoms with E-state index in [0.29, 0.717) is 5.91 Å². The Labute approximate surface area is 156 Å². The summed E-state index contributed by atoms with van der Waals surface area (Å²) in [7, 11) is 0. The quantitative estimate of drug-likeness (QED) is 0.904. The number of benzene rings is 2. The molecular weight excluding hydrogens is 320 g/mol. The van der Waals surface area contributed by atoms with Crippen LogP contribution in [-0.4, -0.2) is 30.4 Å². The molecule has 2 atom stereocenters. The molecule has 0 radical (unpaired) electrons. The van der Waals surface area contributed by atoms with Gasteiger partial charge in [0.15, 0.2) is 0 Å². The largest absolute Gasteiger partial charge is 0.338 e. The van der Waals surface area contributed by atoms with Crippen molar-refractivity contribution in [1.29, 1.82) is 0 Å². The van der Waals surface area contributed by atoms with Crippen molar-refractivity contribution in [2.24, 2.45) is 5.92 Å². The van der Waals surface area contributed by atoms with Crippen molar-refractivity contribution >= 4 is 5.91 Å². The van der Waals surface area contributed by atoms with Crippen molar-refractivity contribution < 1.29 is 9.69 Å². The lowest BCUT2D eigenvalue weighted by Crippen LogP contribution is -3.12. The predicted molar refractivity (Wildman–Crippen MR) is 104 cm³/mol.